The highest BCUT2D eigenvalue weighted by Gasteiger charge is 2.01. The summed E-state index contributed by atoms with van der Waals surface area (Å²) in [5.74, 6) is 0. The van der Waals surface area contributed by atoms with E-state index in [1.165, 1.54) is 12.8 Å². The van der Waals surface area contributed by atoms with Crippen LogP contribution in [0.4, 0.5) is 0 Å². The van der Waals surface area contributed by atoms with E-state index in [1.54, 1.807) is 0 Å². The molecule has 0 aromatic heterocycles. The van der Waals surface area contributed by atoms with E-state index >= 15 is 0 Å². The van der Waals surface area contributed by atoms with Crippen LogP contribution in [0.15, 0.2) is 0 Å². The van der Waals surface area contributed by atoms with Gasteiger partial charge < -0.3 is 4.74 Å². The summed E-state index contributed by atoms with van der Waals surface area (Å²) in [6.45, 7) is 7.55. The van der Waals surface area contributed by atoms with Crippen molar-refractivity contribution in [2.24, 2.45) is 0 Å². The number of rotatable bonds is 10. The summed E-state index contributed by atoms with van der Waals surface area (Å²) in [5, 5.41) is 0. The first-order valence-corrected chi connectivity index (χ1v) is 7.61. The zero-order valence-corrected chi connectivity index (χ0v) is 13.3. The van der Waals surface area contributed by atoms with Crippen LogP contribution in [0.25, 0.3) is 0 Å². The van der Waals surface area contributed by atoms with Gasteiger partial charge in [0.2, 0.25) is 0 Å². The average Bonchev–Trinajstić information content (AvgIpc) is 2.42. The van der Waals surface area contributed by atoms with Crippen LogP contribution in [0.5, 0.6) is 0 Å². The Labute approximate surface area is 116 Å². The first kappa shape index (κ1) is 21.1. The van der Waals surface area contributed by atoms with E-state index in [2.05, 4.69) is 20.8 Å². The van der Waals surface area contributed by atoms with Gasteiger partial charge in [0, 0.05) is 6.61 Å². The summed E-state index contributed by atoms with van der Waals surface area (Å²) < 4.78 is 32.9. The average molecular weight is 301 g/mol. The molecule has 0 saturated carbocycles. The lowest BCUT2D eigenvalue weighted by Gasteiger charge is -2.13. The molecule has 0 spiro atoms. The van der Waals surface area contributed by atoms with Crippen molar-refractivity contribution in [3.05, 3.63) is 0 Å². The maximum Gasteiger partial charge on any atom is 0.399 e. The fraction of sp³-hybridized carbons (Fsp3) is 1.00. The molecular weight excluding hydrogens is 274 g/mol. The Morgan fingerprint density at radius 3 is 2.05 bits per heavy atom. The van der Waals surface area contributed by atoms with Gasteiger partial charge >= 0.3 is 10.4 Å². The maximum absolute atomic E-state index is 9.92. The molecular formula is C11H27NO6S. The second-order valence-electron chi connectivity index (χ2n) is 3.51. The standard InChI is InChI=1S/C9H21NO2.C2H6O4S/c1-4-6-7-8-11-9(3)10-12-5-2;1-5-7(3,4)6-2/h9-10H,4-8H2,1-3H3;1-2H3. The van der Waals surface area contributed by atoms with E-state index in [-0.39, 0.29) is 6.23 Å². The Morgan fingerprint density at radius 2 is 1.68 bits per heavy atom. The third-order valence-corrected chi connectivity index (χ3v) is 2.73. The number of hydroxylamine groups is 1. The van der Waals surface area contributed by atoms with E-state index in [0.717, 1.165) is 27.2 Å². The minimum absolute atomic E-state index is 0.00167. The van der Waals surface area contributed by atoms with Gasteiger partial charge in [-0.25, -0.2) is 0 Å². The van der Waals surface area contributed by atoms with Gasteiger partial charge in [0.25, 0.3) is 0 Å². The molecule has 0 fully saturated rings. The highest BCUT2D eigenvalue weighted by molar-refractivity contribution is 7.81. The van der Waals surface area contributed by atoms with Crippen molar-refractivity contribution in [3.8, 4) is 0 Å². The molecule has 0 aromatic rings. The SMILES string of the molecule is CCCCCOC(C)NOCC.COS(=O)(=O)OC. The predicted octanol–water partition coefficient (Wildman–Crippen LogP) is 1.60. The van der Waals surface area contributed by atoms with Crippen molar-refractivity contribution < 1.29 is 26.4 Å². The lowest BCUT2D eigenvalue weighted by Crippen LogP contribution is -2.29. The quantitative estimate of drug-likeness (QED) is 0.373. The van der Waals surface area contributed by atoms with E-state index in [9.17, 15) is 8.42 Å². The second-order valence-corrected chi connectivity index (χ2v) is 5.00. The zero-order valence-electron chi connectivity index (χ0n) is 12.5. The van der Waals surface area contributed by atoms with Crippen LogP contribution >= 0.6 is 0 Å². The van der Waals surface area contributed by atoms with Crippen molar-refractivity contribution in [2.45, 2.75) is 46.3 Å². The summed E-state index contributed by atoms with van der Waals surface area (Å²) >= 11 is 0. The fourth-order valence-electron chi connectivity index (χ4n) is 0.915. The van der Waals surface area contributed by atoms with Crippen molar-refractivity contribution in [2.75, 3.05) is 27.4 Å². The molecule has 1 N–H and O–H groups in total. The summed E-state index contributed by atoms with van der Waals surface area (Å²) in [7, 11) is -1.60. The van der Waals surface area contributed by atoms with Gasteiger partial charge in [-0.1, -0.05) is 19.8 Å². The Balaban J connectivity index is 0. The molecule has 0 aromatic carbocycles. The van der Waals surface area contributed by atoms with E-state index in [4.69, 9.17) is 9.57 Å². The topological polar surface area (TPSA) is 83.1 Å². The molecule has 0 amide bonds. The number of hydrogen-bond acceptors (Lipinski definition) is 7. The van der Waals surface area contributed by atoms with Gasteiger partial charge in [0.1, 0.15) is 6.23 Å². The highest BCUT2D eigenvalue weighted by atomic mass is 32.3. The van der Waals surface area contributed by atoms with Crippen molar-refractivity contribution >= 4 is 10.4 Å². The molecule has 8 heteroatoms. The molecule has 0 aliphatic carbocycles. The molecule has 0 aliphatic heterocycles. The smallest absolute Gasteiger partial charge is 0.362 e. The lowest BCUT2D eigenvalue weighted by atomic mass is 10.3. The first-order valence-electron chi connectivity index (χ1n) is 6.28. The number of hydrogen-bond donors (Lipinski definition) is 1. The van der Waals surface area contributed by atoms with Gasteiger partial charge in [0.05, 0.1) is 20.8 Å². The third kappa shape index (κ3) is 17.8. The molecule has 0 aliphatic rings. The van der Waals surface area contributed by atoms with E-state index in [0.29, 0.717) is 6.61 Å². The van der Waals surface area contributed by atoms with E-state index in [1.807, 2.05) is 13.8 Å². The molecule has 118 valence electrons. The number of nitrogens with one attached hydrogen (secondary N) is 1. The fourth-order valence-corrected chi connectivity index (χ4v) is 1.05. The van der Waals surface area contributed by atoms with Gasteiger partial charge in [0.15, 0.2) is 0 Å². The Hall–Kier alpha value is -0.250. The summed E-state index contributed by atoms with van der Waals surface area (Å²) in [6.07, 6.45) is 3.61. The molecule has 1 atom stereocenters. The summed E-state index contributed by atoms with van der Waals surface area (Å²) in [6, 6.07) is 0. The maximum atomic E-state index is 9.92. The minimum atomic E-state index is -3.66. The zero-order chi connectivity index (χ0) is 15.1. The van der Waals surface area contributed by atoms with Crippen LogP contribution < -0.4 is 5.48 Å². The van der Waals surface area contributed by atoms with Crippen LogP contribution in [0.3, 0.4) is 0 Å². The third-order valence-electron chi connectivity index (χ3n) is 1.92. The van der Waals surface area contributed by atoms with Crippen LogP contribution in [0, 0.1) is 0 Å². The summed E-state index contributed by atoms with van der Waals surface area (Å²) in [5.41, 5.74) is 2.79. The largest absolute Gasteiger partial charge is 0.399 e. The van der Waals surface area contributed by atoms with Gasteiger partial charge in [-0.3, -0.25) is 13.2 Å². The number of ether oxygens (including phenoxy) is 1. The van der Waals surface area contributed by atoms with Crippen LogP contribution in [-0.4, -0.2) is 42.1 Å². The van der Waals surface area contributed by atoms with Crippen molar-refractivity contribution in [1.82, 2.24) is 5.48 Å². The number of unbranched alkanes of at least 4 members (excludes halogenated alkanes) is 2. The highest BCUT2D eigenvalue weighted by Crippen LogP contribution is 1.96. The molecule has 0 rings (SSSR count). The Kier molecular flexibility index (Phi) is 15.7. The molecule has 19 heavy (non-hydrogen) atoms. The Morgan fingerprint density at radius 1 is 1.11 bits per heavy atom. The molecule has 0 radical (unpaired) electrons. The molecule has 0 heterocycles. The minimum Gasteiger partial charge on any atom is -0.362 e. The van der Waals surface area contributed by atoms with Crippen molar-refractivity contribution in [3.63, 3.8) is 0 Å². The van der Waals surface area contributed by atoms with Gasteiger partial charge in [-0.2, -0.15) is 13.9 Å². The second kappa shape index (κ2) is 14.2. The molecule has 0 bridgehead atoms. The molecule has 1 unspecified atom stereocenters. The first-order chi connectivity index (χ1) is 8.93. The van der Waals surface area contributed by atoms with Gasteiger partial charge in [-0.05, 0) is 20.3 Å². The van der Waals surface area contributed by atoms with Crippen LogP contribution in [0.2, 0.25) is 0 Å². The van der Waals surface area contributed by atoms with E-state index < -0.39 is 10.4 Å². The summed E-state index contributed by atoms with van der Waals surface area (Å²) in [4.78, 5) is 4.98. The molecule has 0 saturated heterocycles. The molecule has 7 nitrogen and oxygen atoms in total. The van der Waals surface area contributed by atoms with Crippen LogP contribution in [-0.2, 0) is 28.3 Å². The van der Waals surface area contributed by atoms with Crippen LogP contribution in [0.1, 0.15) is 40.0 Å². The van der Waals surface area contributed by atoms with Crippen molar-refractivity contribution in [1.29, 1.82) is 0 Å². The van der Waals surface area contributed by atoms with Gasteiger partial charge in [-0.15, -0.1) is 0 Å². The lowest BCUT2D eigenvalue weighted by molar-refractivity contribution is -0.0792. The Bertz CT molecular complexity index is 260. The monoisotopic (exact) mass is 301 g/mol. The predicted molar refractivity (Wildman–Crippen MR) is 72.6 cm³/mol. The normalized spacial score (nSPS) is 12.7.